The van der Waals surface area contributed by atoms with Gasteiger partial charge in [-0.15, -0.1) is 0 Å². The fraction of sp³-hybridized carbons (Fsp3) is 1.00. The van der Waals surface area contributed by atoms with Crippen molar-refractivity contribution in [2.24, 2.45) is 0 Å². The molecule has 0 amide bonds. The van der Waals surface area contributed by atoms with E-state index in [1.54, 1.807) is 20.0 Å². The summed E-state index contributed by atoms with van der Waals surface area (Å²) in [5.74, 6) is 0. The van der Waals surface area contributed by atoms with Crippen LogP contribution in [0.3, 0.4) is 0 Å². The molecule has 0 aliphatic rings. The molecule has 0 aliphatic carbocycles. The summed E-state index contributed by atoms with van der Waals surface area (Å²) in [6.07, 6.45) is 0. The quantitative estimate of drug-likeness (QED) is 0.466. The number of hydrogen-bond donors (Lipinski definition) is 0. The van der Waals surface area contributed by atoms with Gasteiger partial charge in [-0.1, -0.05) is 0 Å². The first-order valence-corrected chi connectivity index (χ1v) is 4.57. The van der Waals surface area contributed by atoms with Crippen LogP contribution in [0.2, 0.25) is 0 Å². The Hall–Kier alpha value is 0.814. The molecule has 0 saturated carbocycles. The van der Waals surface area contributed by atoms with Crippen molar-refractivity contribution >= 4 is 7.14 Å². The van der Waals surface area contributed by atoms with Crippen LogP contribution in [0.1, 0.15) is 0 Å². The molecule has 0 heterocycles. The summed E-state index contributed by atoms with van der Waals surface area (Å²) < 4.78 is 10.2. The van der Waals surface area contributed by atoms with Crippen molar-refractivity contribution in [2.45, 2.75) is 0 Å². The molecule has 3 heteroatoms. The Bertz CT molecular complexity index is 56.9. The van der Waals surface area contributed by atoms with Gasteiger partial charge in [0.1, 0.15) is 0 Å². The van der Waals surface area contributed by atoms with Gasteiger partial charge >= 0.3 is 0 Å². The van der Waals surface area contributed by atoms with Gasteiger partial charge in [-0.05, 0) is 20.0 Å². The molecule has 6 heavy (non-hydrogen) atoms. The molecule has 0 unspecified atom stereocenters. The molecular weight excluding hydrogens is 134 g/mol. The first kappa shape index (κ1) is 9.94. The summed E-state index contributed by atoms with van der Waals surface area (Å²) in [6.45, 7) is 5.23. The van der Waals surface area contributed by atoms with Gasteiger partial charge in [-0.25, -0.2) is 0 Å². The fourth-order valence-corrected chi connectivity index (χ4v) is 0. The minimum Gasteiger partial charge on any atom is -0.324 e. The zero-order valence-electron chi connectivity index (χ0n) is 4.30. The largest absolute Gasteiger partial charge is 0.324 e. The smallest absolute Gasteiger partial charge is 0.0790 e. The predicted octanol–water partition coefficient (Wildman–Crippen LogP) is 1.24. The van der Waals surface area contributed by atoms with Crippen LogP contribution in [-0.4, -0.2) is 20.0 Å². The third-order valence-electron chi connectivity index (χ3n) is 0. The predicted molar refractivity (Wildman–Crippen MR) is 25.4 cm³/mol. The van der Waals surface area contributed by atoms with Crippen molar-refractivity contribution in [2.75, 3.05) is 20.0 Å². The maximum atomic E-state index is 10.2. The van der Waals surface area contributed by atoms with E-state index in [9.17, 15) is 4.57 Å². The SMILES string of the molecule is CP(C)(C)=O.[V]. The molecular formula is C3H9OPV. The van der Waals surface area contributed by atoms with Crippen molar-refractivity contribution in [3.63, 3.8) is 0 Å². The van der Waals surface area contributed by atoms with Crippen LogP contribution in [0.5, 0.6) is 0 Å². The monoisotopic (exact) mass is 143 g/mol. The third kappa shape index (κ3) is 106. The summed E-state index contributed by atoms with van der Waals surface area (Å²) in [7, 11) is -1.64. The Balaban J connectivity index is 0. The molecule has 0 saturated heterocycles. The van der Waals surface area contributed by atoms with E-state index in [1.807, 2.05) is 0 Å². The van der Waals surface area contributed by atoms with Crippen LogP contribution in [-0.2, 0) is 23.1 Å². The first-order chi connectivity index (χ1) is 2.00. The Morgan fingerprint density at radius 2 is 1.17 bits per heavy atom. The van der Waals surface area contributed by atoms with Crippen LogP contribution < -0.4 is 0 Å². The van der Waals surface area contributed by atoms with E-state index in [-0.39, 0.29) is 18.6 Å². The Labute approximate surface area is 50.8 Å². The second-order valence-corrected chi connectivity index (χ2v) is 5.67. The van der Waals surface area contributed by atoms with E-state index >= 15 is 0 Å². The molecule has 0 aromatic heterocycles. The van der Waals surface area contributed by atoms with Gasteiger partial charge in [-0.3, -0.25) is 0 Å². The standard InChI is InChI=1S/C3H9OP.V/c1-5(2,3)4;/h1-3H3;. The van der Waals surface area contributed by atoms with Crippen molar-refractivity contribution in [3.05, 3.63) is 0 Å². The average molecular weight is 143 g/mol. The van der Waals surface area contributed by atoms with Crippen LogP contribution >= 0.6 is 7.14 Å². The van der Waals surface area contributed by atoms with Crippen LogP contribution in [0, 0.1) is 0 Å². The van der Waals surface area contributed by atoms with Crippen molar-refractivity contribution < 1.29 is 23.1 Å². The van der Waals surface area contributed by atoms with E-state index in [2.05, 4.69) is 0 Å². The maximum absolute atomic E-state index is 10.2. The van der Waals surface area contributed by atoms with E-state index in [0.717, 1.165) is 0 Å². The molecule has 0 N–H and O–H groups in total. The molecule has 0 aromatic rings. The summed E-state index contributed by atoms with van der Waals surface area (Å²) in [4.78, 5) is 0. The zero-order valence-corrected chi connectivity index (χ0v) is 6.59. The maximum Gasteiger partial charge on any atom is 0.0790 e. The second-order valence-electron chi connectivity index (χ2n) is 1.89. The minimum absolute atomic E-state index is 0. The van der Waals surface area contributed by atoms with Crippen LogP contribution in [0.4, 0.5) is 0 Å². The van der Waals surface area contributed by atoms with Gasteiger partial charge in [0.25, 0.3) is 0 Å². The molecule has 0 fully saturated rings. The summed E-state index contributed by atoms with van der Waals surface area (Å²) in [5, 5.41) is 0. The third-order valence-corrected chi connectivity index (χ3v) is 0. The molecule has 1 nitrogen and oxygen atoms in total. The van der Waals surface area contributed by atoms with Gasteiger partial charge < -0.3 is 4.57 Å². The zero-order chi connectivity index (χ0) is 4.50. The Kier molecular flexibility index (Phi) is 4.81. The van der Waals surface area contributed by atoms with Gasteiger partial charge in [-0.2, -0.15) is 0 Å². The number of rotatable bonds is 0. The minimum atomic E-state index is -1.64. The van der Waals surface area contributed by atoms with Crippen molar-refractivity contribution in [3.8, 4) is 0 Å². The normalized spacial score (nSPS) is 9.83. The summed E-state index contributed by atoms with van der Waals surface area (Å²) in [5.41, 5.74) is 0. The Morgan fingerprint density at radius 1 is 1.17 bits per heavy atom. The topological polar surface area (TPSA) is 17.1 Å². The fourth-order valence-electron chi connectivity index (χ4n) is 0. The first-order valence-electron chi connectivity index (χ1n) is 1.52. The second kappa shape index (κ2) is 2.90. The van der Waals surface area contributed by atoms with Gasteiger partial charge in [0.2, 0.25) is 0 Å². The molecule has 0 rings (SSSR count). The molecule has 0 spiro atoms. The summed E-state index contributed by atoms with van der Waals surface area (Å²) >= 11 is 0. The van der Waals surface area contributed by atoms with Gasteiger partial charge in [0.05, 0.1) is 7.14 Å². The summed E-state index contributed by atoms with van der Waals surface area (Å²) in [6, 6.07) is 0. The van der Waals surface area contributed by atoms with Crippen LogP contribution in [0.25, 0.3) is 0 Å². The average Bonchev–Trinajstić information content (AvgIpc) is 0.722. The molecule has 37 valence electrons. The van der Waals surface area contributed by atoms with Crippen molar-refractivity contribution in [1.29, 1.82) is 0 Å². The molecule has 0 atom stereocenters. The van der Waals surface area contributed by atoms with E-state index < -0.39 is 7.14 Å². The van der Waals surface area contributed by atoms with Crippen LogP contribution in [0.15, 0.2) is 0 Å². The van der Waals surface area contributed by atoms with Gasteiger partial charge in [0, 0.05) is 18.6 Å². The van der Waals surface area contributed by atoms with E-state index in [1.165, 1.54) is 0 Å². The molecule has 1 radical (unpaired) electrons. The Morgan fingerprint density at radius 3 is 1.17 bits per heavy atom. The van der Waals surface area contributed by atoms with E-state index in [4.69, 9.17) is 0 Å². The van der Waals surface area contributed by atoms with Crippen molar-refractivity contribution in [1.82, 2.24) is 0 Å². The molecule has 0 aromatic carbocycles. The molecule has 0 bridgehead atoms. The molecule has 0 aliphatic heterocycles. The van der Waals surface area contributed by atoms with Gasteiger partial charge in [0.15, 0.2) is 0 Å². The number of hydrogen-bond acceptors (Lipinski definition) is 1. The van der Waals surface area contributed by atoms with E-state index in [0.29, 0.717) is 0 Å².